The number of amides is 5. The molecule has 0 saturated carbocycles. The number of para-hydroxylation sites is 1. The maximum Gasteiger partial charge on any atom is 0.328 e. The number of hydrogen-bond acceptors (Lipinski definition) is 11. The summed E-state index contributed by atoms with van der Waals surface area (Å²) in [7, 11) is 2.06. The van der Waals surface area contributed by atoms with Crippen molar-refractivity contribution in [1.82, 2.24) is 25.8 Å². The first-order valence-electron chi connectivity index (χ1n) is 22.3. The molecule has 0 aliphatic carbocycles. The van der Waals surface area contributed by atoms with E-state index in [4.69, 9.17) is 15.9 Å². The summed E-state index contributed by atoms with van der Waals surface area (Å²) >= 11 is 0. The molecule has 4 heterocycles. The van der Waals surface area contributed by atoms with Gasteiger partial charge in [-0.2, -0.15) is 0 Å². The molecule has 15 nitrogen and oxygen atoms in total. The van der Waals surface area contributed by atoms with Crippen LogP contribution >= 0.6 is 0 Å². The van der Waals surface area contributed by atoms with E-state index in [0.29, 0.717) is 74.4 Å². The Morgan fingerprint density at radius 3 is 2.00 bits per heavy atom. The summed E-state index contributed by atoms with van der Waals surface area (Å²) in [6.45, 7) is 7.41. The van der Waals surface area contributed by atoms with E-state index >= 15 is 0 Å². The average Bonchev–Trinajstić information content (AvgIpc) is 3.32. The number of carbonyl (C=O) groups is 4. The number of imide groups is 1. The second kappa shape index (κ2) is 20.1. The van der Waals surface area contributed by atoms with Gasteiger partial charge in [0.05, 0.1) is 5.71 Å². The highest BCUT2D eigenvalue weighted by Crippen LogP contribution is 2.28. The first-order valence-corrected chi connectivity index (χ1v) is 22.3. The molecule has 4 aliphatic heterocycles. The summed E-state index contributed by atoms with van der Waals surface area (Å²) in [5.74, 6) is 1.41. The van der Waals surface area contributed by atoms with E-state index in [0.717, 1.165) is 63.4 Å². The topological polar surface area (TPSA) is 180 Å². The van der Waals surface area contributed by atoms with Gasteiger partial charge in [0.15, 0.2) is 0 Å². The van der Waals surface area contributed by atoms with Crippen molar-refractivity contribution in [1.29, 1.82) is 5.41 Å². The molecule has 4 aromatic carbocycles. The molecule has 15 heteroatoms. The summed E-state index contributed by atoms with van der Waals surface area (Å²) in [4.78, 5) is 60.4. The molecule has 0 unspecified atom stereocenters. The van der Waals surface area contributed by atoms with Crippen molar-refractivity contribution < 1.29 is 23.9 Å². The van der Waals surface area contributed by atoms with E-state index in [1.165, 1.54) is 11.3 Å². The Morgan fingerprint density at radius 2 is 1.38 bits per heavy atom. The normalized spacial score (nSPS) is 19.1. The quantitative estimate of drug-likeness (QED) is 0.0853. The van der Waals surface area contributed by atoms with Crippen LogP contribution < -0.4 is 41.1 Å². The third-order valence-corrected chi connectivity index (χ3v) is 12.7. The zero-order chi connectivity index (χ0) is 44.6. The smallest absolute Gasteiger partial charge is 0.328 e. The first kappa shape index (κ1) is 43.8. The molecule has 1 atom stereocenters. The Morgan fingerprint density at radius 1 is 0.766 bits per heavy atom. The Bertz CT molecular complexity index is 2320. The molecule has 6 N–H and O–H groups in total. The highest BCUT2D eigenvalue weighted by molar-refractivity contribution is 6.26. The van der Waals surface area contributed by atoms with Crippen LogP contribution in [-0.4, -0.2) is 111 Å². The lowest BCUT2D eigenvalue weighted by atomic mass is 9.86. The SMILES string of the molecule is CN(CCC(=O)N1CCC([C@@H]2CCN/C(=C(/C(=N)c3ccc(Oc4ccccc4)cc3)C(N)=O)N2)CC1)Cc1ccc(N2CCN(c3ccc(N4CCC(=O)NC4=O)cc3)CC2)cc1. The summed E-state index contributed by atoms with van der Waals surface area (Å²) < 4.78 is 5.89. The molecule has 334 valence electrons. The zero-order valence-electron chi connectivity index (χ0n) is 36.4. The van der Waals surface area contributed by atoms with Crippen LogP contribution in [0.1, 0.15) is 43.2 Å². The fourth-order valence-corrected chi connectivity index (χ4v) is 9.08. The maximum atomic E-state index is 13.4. The average molecular weight is 867 g/mol. The molecule has 0 spiro atoms. The number of nitrogens with zero attached hydrogens (tertiary/aromatic N) is 5. The van der Waals surface area contributed by atoms with Crippen LogP contribution in [-0.2, 0) is 20.9 Å². The molecule has 4 saturated heterocycles. The zero-order valence-corrected chi connectivity index (χ0v) is 36.4. The molecular formula is C49H58N10O5. The van der Waals surface area contributed by atoms with Gasteiger partial charge in [-0.15, -0.1) is 0 Å². The van der Waals surface area contributed by atoms with Crippen molar-refractivity contribution in [2.45, 2.75) is 44.7 Å². The number of anilines is 3. The number of nitrogens with one attached hydrogen (secondary N) is 4. The number of piperidine rings is 1. The summed E-state index contributed by atoms with van der Waals surface area (Å²) in [6, 6.07) is 33.0. The molecule has 4 fully saturated rings. The summed E-state index contributed by atoms with van der Waals surface area (Å²) in [5.41, 5.74) is 10.9. The van der Waals surface area contributed by atoms with Gasteiger partial charge in [0, 0.05) is 107 Å². The van der Waals surface area contributed by atoms with Crippen LogP contribution in [0.3, 0.4) is 0 Å². The van der Waals surface area contributed by atoms with Crippen molar-refractivity contribution in [3.8, 4) is 11.5 Å². The van der Waals surface area contributed by atoms with Crippen molar-refractivity contribution >= 4 is 46.5 Å². The minimum atomic E-state index is -0.673. The third kappa shape index (κ3) is 10.7. The van der Waals surface area contributed by atoms with E-state index < -0.39 is 5.91 Å². The Balaban J connectivity index is 0.754. The van der Waals surface area contributed by atoms with Crippen molar-refractivity contribution in [3.63, 3.8) is 0 Å². The second-order valence-corrected chi connectivity index (χ2v) is 17.0. The molecular weight excluding hydrogens is 809 g/mol. The highest BCUT2D eigenvalue weighted by Gasteiger charge is 2.32. The lowest BCUT2D eigenvalue weighted by molar-refractivity contribution is -0.133. The number of hydrogen-bond donors (Lipinski definition) is 5. The minimum absolute atomic E-state index is 0.0387. The predicted octanol–water partition coefficient (Wildman–Crippen LogP) is 5.03. The molecule has 8 rings (SSSR count). The Kier molecular flexibility index (Phi) is 13.7. The van der Waals surface area contributed by atoms with Gasteiger partial charge in [-0.05, 0) is 111 Å². The highest BCUT2D eigenvalue weighted by atomic mass is 16.5. The number of benzene rings is 4. The lowest BCUT2D eigenvalue weighted by Crippen LogP contribution is -2.51. The van der Waals surface area contributed by atoms with Crippen molar-refractivity contribution in [3.05, 3.63) is 126 Å². The van der Waals surface area contributed by atoms with Gasteiger partial charge < -0.3 is 40.7 Å². The number of likely N-dealkylation sites (tertiary alicyclic amines) is 1. The number of carbonyl (C=O) groups excluding carboxylic acids is 4. The van der Waals surface area contributed by atoms with Gasteiger partial charge in [-0.3, -0.25) is 30.0 Å². The first-order chi connectivity index (χ1) is 31.1. The number of ether oxygens (including phenoxy) is 1. The van der Waals surface area contributed by atoms with E-state index in [9.17, 15) is 19.2 Å². The fraction of sp³-hybridized carbons (Fsp3) is 0.367. The molecule has 0 radical (unpaired) electrons. The molecule has 4 aromatic rings. The van der Waals surface area contributed by atoms with Gasteiger partial charge in [0.1, 0.15) is 22.9 Å². The number of piperazine rings is 1. The van der Waals surface area contributed by atoms with Gasteiger partial charge in [-0.1, -0.05) is 30.3 Å². The predicted molar refractivity (Wildman–Crippen MR) is 249 cm³/mol. The summed E-state index contributed by atoms with van der Waals surface area (Å²) in [6.07, 6.45) is 3.35. The molecule has 64 heavy (non-hydrogen) atoms. The molecule has 0 aromatic heterocycles. The monoisotopic (exact) mass is 866 g/mol. The third-order valence-electron chi connectivity index (χ3n) is 12.7. The van der Waals surface area contributed by atoms with Crippen molar-refractivity contribution in [2.24, 2.45) is 11.7 Å². The van der Waals surface area contributed by atoms with Crippen LogP contribution in [0, 0.1) is 11.3 Å². The molecule has 0 bridgehead atoms. The standard InChI is InChI=1S/C49H58N10O5/c1-55(33-34-7-11-37(12-8-34)56-29-31-57(32-30-56)38-13-15-39(16-14-38)59-28-22-43(60)54-49(59)63)25-23-44(61)58-26-20-35(21-27-58)42-19-24-52-48(53-42)45(47(51)62)46(50)36-9-17-41(18-10-36)64-40-5-3-2-4-6-40/h2-18,35,42,50,52-53H,19-33H2,1H3,(H2,51,62)(H,54,60,63)/b48-45+,50-46?/t42-/m0/s1. The number of primary amides is 1. The van der Waals surface area contributed by atoms with E-state index in [2.05, 4.69) is 62.0 Å². The van der Waals surface area contributed by atoms with Crippen molar-refractivity contribution in [2.75, 3.05) is 80.7 Å². The number of urea groups is 1. The van der Waals surface area contributed by atoms with E-state index in [1.807, 2.05) is 59.5 Å². The van der Waals surface area contributed by atoms with Gasteiger partial charge >= 0.3 is 6.03 Å². The van der Waals surface area contributed by atoms with Crippen LogP contribution in [0.15, 0.2) is 115 Å². The van der Waals surface area contributed by atoms with Gasteiger partial charge in [0.25, 0.3) is 5.91 Å². The second-order valence-electron chi connectivity index (χ2n) is 17.0. The number of rotatable bonds is 14. The molecule has 5 amide bonds. The minimum Gasteiger partial charge on any atom is -0.457 e. The largest absolute Gasteiger partial charge is 0.457 e. The fourth-order valence-electron chi connectivity index (χ4n) is 9.08. The Labute approximate surface area is 374 Å². The van der Waals surface area contributed by atoms with E-state index in [1.54, 1.807) is 29.2 Å². The van der Waals surface area contributed by atoms with Gasteiger partial charge in [0.2, 0.25) is 11.8 Å². The summed E-state index contributed by atoms with van der Waals surface area (Å²) in [5, 5.41) is 18.1. The molecule has 4 aliphatic rings. The van der Waals surface area contributed by atoms with Gasteiger partial charge in [-0.25, -0.2) is 4.79 Å². The van der Waals surface area contributed by atoms with Crippen LogP contribution in [0.2, 0.25) is 0 Å². The van der Waals surface area contributed by atoms with Crippen LogP contribution in [0.4, 0.5) is 21.9 Å². The lowest BCUT2D eigenvalue weighted by Gasteiger charge is -2.40. The Hall–Kier alpha value is -6.87. The van der Waals surface area contributed by atoms with Crippen LogP contribution in [0.25, 0.3) is 0 Å². The number of nitrogens with two attached hydrogens (primary N) is 1. The maximum absolute atomic E-state index is 13.4. The van der Waals surface area contributed by atoms with Crippen LogP contribution in [0.5, 0.6) is 11.5 Å². The van der Waals surface area contributed by atoms with E-state index in [-0.39, 0.29) is 35.2 Å².